The van der Waals surface area contributed by atoms with Gasteiger partial charge in [-0.3, -0.25) is 0 Å². The van der Waals surface area contributed by atoms with Crippen LogP contribution in [0.4, 0.5) is 0 Å². The highest BCUT2D eigenvalue weighted by Crippen LogP contribution is 2.19. The summed E-state index contributed by atoms with van der Waals surface area (Å²) in [6.07, 6.45) is 8.04. The molecule has 0 aromatic heterocycles. The van der Waals surface area contributed by atoms with Crippen LogP contribution >= 0.6 is 24.0 Å². The molecular weight excluding hydrogens is 365 g/mol. The minimum atomic E-state index is 0. The Morgan fingerprint density at radius 2 is 1.58 bits per heavy atom. The molecule has 0 atom stereocenters. The van der Waals surface area contributed by atoms with Crippen molar-refractivity contribution in [1.29, 1.82) is 0 Å². The molecule has 0 radical (unpaired) electrons. The fraction of sp³-hybridized carbons (Fsp3) is 0.455. The van der Waals surface area contributed by atoms with E-state index in [0.29, 0.717) is 6.61 Å². The molecule has 144 valence electrons. The van der Waals surface area contributed by atoms with E-state index in [0.717, 1.165) is 29.4 Å². The molecule has 2 aromatic carbocycles. The Kier molecular flexibility index (Phi) is 12.2. The minimum Gasteiger partial charge on any atom is -0.489 e. The molecule has 0 saturated heterocycles. The third-order valence-electron chi connectivity index (χ3n) is 4.31. The molecule has 4 heteroatoms. The van der Waals surface area contributed by atoms with E-state index < -0.39 is 0 Å². The summed E-state index contributed by atoms with van der Waals surface area (Å²) in [5.41, 5.74) is 2.30. The summed E-state index contributed by atoms with van der Waals surface area (Å²) >= 11 is 6.15. The van der Waals surface area contributed by atoms with E-state index in [1.54, 1.807) is 0 Å². The Morgan fingerprint density at radius 1 is 0.885 bits per heavy atom. The lowest BCUT2D eigenvalue weighted by Crippen LogP contribution is -2.14. The van der Waals surface area contributed by atoms with Gasteiger partial charge in [-0.15, -0.1) is 12.4 Å². The zero-order valence-electron chi connectivity index (χ0n) is 15.7. The first-order valence-corrected chi connectivity index (χ1v) is 9.83. The number of unbranched alkanes of at least 4 members (excludes halogenated alkanes) is 5. The number of halogens is 2. The molecule has 0 aliphatic heterocycles. The van der Waals surface area contributed by atoms with Crippen LogP contribution in [-0.2, 0) is 13.2 Å². The minimum absolute atomic E-state index is 0. The standard InChI is InChI=1S/C22H30ClNO.ClH/c1-2-3-4-5-6-9-16-24-17-19-12-14-21(15-13-19)25-18-20-10-7-8-11-22(20)23;/h7-8,10-15,24H,2-6,9,16-18H2,1H3;1H. The molecule has 0 aliphatic carbocycles. The first-order valence-electron chi connectivity index (χ1n) is 9.45. The largest absolute Gasteiger partial charge is 0.489 e. The summed E-state index contributed by atoms with van der Waals surface area (Å²) in [6, 6.07) is 16.1. The van der Waals surface area contributed by atoms with Gasteiger partial charge in [-0.25, -0.2) is 0 Å². The number of rotatable bonds is 12. The second-order valence-electron chi connectivity index (χ2n) is 6.47. The SMILES string of the molecule is CCCCCCCCNCc1ccc(OCc2ccccc2Cl)cc1.Cl. The van der Waals surface area contributed by atoms with Crippen LogP contribution in [0.2, 0.25) is 5.02 Å². The molecule has 26 heavy (non-hydrogen) atoms. The third-order valence-corrected chi connectivity index (χ3v) is 4.68. The smallest absolute Gasteiger partial charge is 0.119 e. The van der Waals surface area contributed by atoms with Crippen molar-refractivity contribution in [3.05, 3.63) is 64.7 Å². The van der Waals surface area contributed by atoms with Crippen molar-refractivity contribution in [2.24, 2.45) is 0 Å². The quantitative estimate of drug-likeness (QED) is 0.399. The van der Waals surface area contributed by atoms with Crippen LogP contribution in [0.25, 0.3) is 0 Å². The predicted molar refractivity (Wildman–Crippen MR) is 115 cm³/mol. The molecule has 0 fully saturated rings. The molecule has 2 aromatic rings. The van der Waals surface area contributed by atoms with Gasteiger partial charge in [-0.2, -0.15) is 0 Å². The maximum Gasteiger partial charge on any atom is 0.119 e. The Hall–Kier alpha value is -1.22. The molecule has 0 amide bonds. The maximum atomic E-state index is 6.15. The summed E-state index contributed by atoms with van der Waals surface area (Å²) < 4.78 is 5.81. The summed E-state index contributed by atoms with van der Waals surface area (Å²) in [4.78, 5) is 0. The molecule has 2 rings (SSSR count). The van der Waals surface area contributed by atoms with E-state index in [1.165, 1.54) is 44.1 Å². The normalized spacial score (nSPS) is 10.4. The van der Waals surface area contributed by atoms with Crippen LogP contribution in [-0.4, -0.2) is 6.54 Å². The summed E-state index contributed by atoms with van der Waals surface area (Å²) in [5, 5.41) is 4.27. The van der Waals surface area contributed by atoms with Gasteiger partial charge in [-0.05, 0) is 36.7 Å². The Bertz CT molecular complexity index is 601. The van der Waals surface area contributed by atoms with Gasteiger partial charge >= 0.3 is 0 Å². The zero-order valence-corrected chi connectivity index (χ0v) is 17.2. The average Bonchev–Trinajstić information content (AvgIpc) is 2.64. The van der Waals surface area contributed by atoms with Crippen LogP contribution in [0.5, 0.6) is 5.75 Å². The van der Waals surface area contributed by atoms with Gasteiger partial charge in [0.1, 0.15) is 12.4 Å². The van der Waals surface area contributed by atoms with Crippen molar-refractivity contribution in [2.75, 3.05) is 6.54 Å². The van der Waals surface area contributed by atoms with Gasteiger partial charge in [0.15, 0.2) is 0 Å². The third kappa shape index (κ3) is 8.93. The molecule has 2 nitrogen and oxygen atoms in total. The lowest BCUT2D eigenvalue weighted by Gasteiger charge is -2.09. The first kappa shape index (κ1) is 22.8. The molecule has 0 aliphatic rings. The van der Waals surface area contributed by atoms with E-state index in [2.05, 4.69) is 24.4 Å². The number of hydrogen-bond acceptors (Lipinski definition) is 2. The van der Waals surface area contributed by atoms with Crippen LogP contribution < -0.4 is 10.1 Å². The average molecular weight is 396 g/mol. The second kappa shape index (κ2) is 13.9. The first-order chi connectivity index (χ1) is 12.3. The lowest BCUT2D eigenvalue weighted by molar-refractivity contribution is 0.306. The highest BCUT2D eigenvalue weighted by Gasteiger charge is 2.01. The van der Waals surface area contributed by atoms with Gasteiger partial charge in [0, 0.05) is 17.1 Å². The van der Waals surface area contributed by atoms with Crippen molar-refractivity contribution in [1.82, 2.24) is 5.32 Å². The van der Waals surface area contributed by atoms with Crippen LogP contribution in [0.1, 0.15) is 56.6 Å². The highest BCUT2D eigenvalue weighted by atomic mass is 35.5. The Labute approximate surface area is 169 Å². The van der Waals surface area contributed by atoms with E-state index >= 15 is 0 Å². The molecule has 0 bridgehead atoms. The highest BCUT2D eigenvalue weighted by molar-refractivity contribution is 6.31. The van der Waals surface area contributed by atoms with Gasteiger partial charge < -0.3 is 10.1 Å². The molecule has 0 heterocycles. The van der Waals surface area contributed by atoms with E-state index in [9.17, 15) is 0 Å². The number of benzene rings is 2. The summed E-state index contributed by atoms with van der Waals surface area (Å²) in [6.45, 7) is 4.76. The molecule has 0 spiro atoms. The van der Waals surface area contributed by atoms with Crippen LogP contribution in [0.15, 0.2) is 48.5 Å². The van der Waals surface area contributed by atoms with Crippen molar-refractivity contribution in [3.63, 3.8) is 0 Å². The number of ether oxygens (including phenoxy) is 1. The Balaban J connectivity index is 0.00000338. The van der Waals surface area contributed by atoms with Crippen molar-refractivity contribution < 1.29 is 4.74 Å². The number of hydrogen-bond donors (Lipinski definition) is 1. The maximum absolute atomic E-state index is 6.15. The fourth-order valence-corrected chi connectivity index (χ4v) is 2.93. The predicted octanol–water partition coefficient (Wildman–Crippen LogP) is 6.79. The van der Waals surface area contributed by atoms with Crippen molar-refractivity contribution in [2.45, 2.75) is 58.6 Å². The fourth-order valence-electron chi connectivity index (χ4n) is 2.74. The van der Waals surface area contributed by atoms with E-state index in [-0.39, 0.29) is 12.4 Å². The van der Waals surface area contributed by atoms with Crippen LogP contribution in [0.3, 0.4) is 0 Å². The van der Waals surface area contributed by atoms with Crippen molar-refractivity contribution >= 4 is 24.0 Å². The van der Waals surface area contributed by atoms with E-state index in [4.69, 9.17) is 16.3 Å². The summed E-state index contributed by atoms with van der Waals surface area (Å²) in [5.74, 6) is 0.875. The molecule has 1 N–H and O–H groups in total. The lowest BCUT2D eigenvalue weighted by atomic mass is 10.1. The molecule has 0 saturated carbocycles. The molecular formula is C22H31Cl2NO. The summed E-state index contributed by atoms with van der Waals surface area (Å²) in [7, 11) is 0. The molecule has 0 unspecified atom stereocenters. The number of nitrogens with one attached hydrogen (secondary N) is 1. The van der Waals surface area contributed by atoms with Gasteiger partial charge in [0.05, 0.1) is 0 Å². The van der Waals surface area contributed by atoms with Gasteiger partial charge in [0.2, 0.25) is 0 Å². The second-order valence-corrected chi connectivity index (χ2v) is 6.88. The Morgan fingerprint density at radius 3 is 2.31 bits per heavy atom. The van der Waals surface area contributed by atoms with Gasteiger partial charge in [0.25, 0.3) is 0 Å². The van der Waals surface area contributed by atoms with E-state index in [1.807, 2.05) is 36.4 Å². The van der Waals surface area contributed by atoms with Gasteiger partial charge in [-0.1, -0.05) is 81.0 Å². The van der Waals surface area contributed by atoms with Crippen LogP contribution in [0, 0.1) is 0 Å². The monoisotopic (exact) mass is 395 g/mol. The van der Waals surface area contributed by atoms with Crippen molar-refractivity contribution in [3.8, 4) is 5.75 Å². The zero-order chi connectivity index (χ0) is 17.7. The topological polar surface area (TPSA) is 21.3 Å².